The molecule has 0 bridgehead atoms. The number of hydrogen-bond acceptors (Lipinski definition) is 3. The molecule has 1 aliphatic rings. The fraction of sp³-hybridized carbons (Fsp3) is 0.375. The third-order valence-corrected chi connectivity index (χ3v) is 5.53. The Morgan fingerprint density at radius 3 is 2.43 bits per heavy atom. The van der Waals surface area contributed by atoms with Crippen molar-refractivity contribution >= 4 is 34.8 Å². The summed E-state index contributed by atoms with van der Waals surface area (Å²) < 4.78 is 0. The molecule has 158 valence electrons. The zero-order chi connectivity index (χ0) is 21.8. The number of anilines is 3. The van der Waals surface area contributed by atoms with E-state index in [-0.39, 0.29) is 24.1 Å². The lowest BCUT2D eigenvalue weighted by atomic mass is 10.0. The van der Waals surface area contributed by atoms with Gasteiger partial charge in [0.15, 0.2) is 0 Å². The van der Waals surface area contributed by atoms with Gasteiger partial charge in [-0.05, 0) is 48.2 Å². The lowest BCUT2D eigenvalue weighted by molar-refractivity contribution is -0.122. The molecule has 3 amide bonds. The fourth-order valence-corrected chi connectivity index (χ4v) is 3.56. The summed E-state index contributed by atoms with van der Waals surface area (Å²) in [7, 11) is 0. The standard InChI is InChI=1S/C24H29N3O3/c1-5-22(28)25-20-10-7-11-21(16(20)4)26-24(30)18-13-23(29)27(14-18)19-9-6-8-17(12-19)15(2)3/h6-12,15,18H,5,13-14H2,1-4H3,(H,25,28)(H,26,30). The molecule has 2 N–H and O–H groups in total. The van der Waals surface area contributed by atoms with Crippen molar-refractivity contribution in [3.05, 3.63) is 53.6 Å². The van der Waals surface area contributed by atoms with Crippen LogP contribution in [0, 0.1) is 12.8 Å². The predicted octanol–water partition coefficient (Wildman–Crippen LogP) is 4.46. The summed E-state index contributed by atoms with van der Waals surface area (Å²) in [5, 5.41) is 5.78. The second kappa shape index (κ2) is 9.11. The minimum absolute atomic E-state index is 0.0447. The first kappa shape index (κ1) is 21.6. The molecule has 6 heteroatoms. The zero-order valence-corrected chi connectivity index (χ0v) is 18.0. The van der Waals surface area contributed by atoms with E-state index in [0.29, 0.717) is 30.3 Å². The SMILES string of the molecule is CCC(=O)Nc1cccc(NC(=O)C2CC(=O)N(c3cccc(C(C)C)c3)C2)c1C. The van der Waals surface area contributed by atoms with Crippen LogP contribution in [0.1, 0.15) is 50.7 Å². The van der Waals surface area contributed by atoms with E-state index in [0.717, 1.165) is 16.8 Å². The molecule has 1 aliphatic heterocycles. The molecule has 2 aromatic carbocycles. The van der Waals surface area contributed by atoms with Crippen LogP contribution in [0.3, 0.4) is 0 Å². The quantitative estimate of drug-likeness (QED) is 0.742. The van der Waals surface area contributed by atoms with E-state index in [1.165, 1.54) is 0 Å². The average molecular weight is 408 g/mol. The number of carbonyl (C=O) groups is 3. The Morgan fingerprint density at radius 2 is 1.77 bits per heavy atom. The van der Waals surface area contributed by atoms with Crippen molar-refractivity contribution in [2.45, 2.75) is 46.5 Å². The molecule has 1 atom stereocenters. The van der Waals surface area contributed by atoms with Gasteiger partial charge in [-0.1, -0.05) is 39.0 Å². The van der Waals surface area contributed by atoms with Crippen molar-refractivity contribution in [2.24, 2.45) is 5.92 Å². The van der Waals surface area contributed by atoms with Gasteiger partial charge in [0, 0.05) is 36.4 Å². The van der Waals surface area contributed by atoms with Gasteiger partial charge in [-0.25, -0.2) is 0 Å². The summed E-state index contributed by atoms with van der Waals surface area (Å²) in [6, 6.07) is 13.3. The van der Waals surface area contributed by atoms with E-state index in [2.05, 4.69) is 24.5 Å². The van der Waals surface area contributed by atoms with Gasteiger partial charge in [-0.2, -0.15) is 0 Å². The number of hydrogen-bond donors (Lipinski definition) is 2. The average Bonchev–Trinajstić information content (AvgIpc) is 3.12. The second-order valence-corrected chi connectivity index (χ2v) is 8.02. The smallest absolute Gasteiger partial charge is 0.229 e. The normalized spacial score (nSPS) is 16.1. The number of amides is 3. The number of rotatable bonds is 6. The highest BCUT2D eigenvalue weighted by Gasteiger charge is 2.35. The van der Waals surface area contributed by atoms with Crippen LogP contribution in [0.4, 0.5) is 17.1 Å². The number of nitrogens with one attached hydrogen (secondary N) is 2. The van der Waals surface area contributed by atoms with Gasteiger partial charge in [0.25, 0.3) is 0 Å². The van der Waals surface area contributed by atoms with Crippen molar-refractivity contribution in [1.82, 2.24) is 0 Å². The Balaban J connectivity index is 1.72. The zero-order valence-electron chi connectivity index (χ0n) is 18.0. The molecular weight excluding hydrogens is 378 g/mol. The van der Waals surface area contributed by atoms with E-state index in [1.807, 2.05) is 31.2 Å². The third-order valence-electron chi connectivity index (χ3n) is 5.53. The fourth-order valence-electron chi connectivity index (χ4n) is 3.56. The van der Waals surface area contributed by atoms with Crippen LogP contribution in [0.25, 0.3) is 0 Å². The molecule has 1 saturated heterocycles. The first-order valence-electron chi connectivity index (χ1n) is 10.4. The highest BCUT2D eigenvalue weighted by atomic mass is 16.2. The third kappa shape index (κ3) is 4.70. The summed E-state index contributed by atoms with van der Waals surface area (Å²) in [5.41, 5.74) is 4.10. The van der Waals surface area contributed by atoms with Crippen molar-refractivity contribution in [3.63, 3.8) is 0 Å². The van der Waals surface area contributed by atoms with Crippen LogP contribution >= 0.6 is 0 Å². The monoisotopic (exact) mass is 407 g/mol. The maximum Gasteiger partial charge on any atom is 0.229 e. The molecule has 0 aromatic heterocycles. The number of carbonyl (C=O) groups excluding carboxylic acids is 3. The van der Waals surface area contributed by atoms with E-state index < -0.39 is 5.92 Å². The van der Waals surface area contributed by atoms with Crippen LogP contribution in [0.2, 0.25) is 0 Å². The molecular formula is C24H29N3O3. The maximum absolute atomic E-state index is 12.9. The first-order valence-corrected chi connectivity index (χ1v) is 10.4. The van der Waals surface area contributed by atoms with Crippen molar-refractivity contribution in [3.8, 4) is 0 Å². The summed E-state index contributed by atoms with van der Waals surface area (Å²) >= 11 is 0. The second-order valence-electron chi connectivity index (χ2n) is 8.02. The van der Waals surface area contributed by atoms with Gasteiger partial charge < -0.3 is 15.5 Å². The van der Waals surface area contributed by atoms with Gasteiger partial charge in [-0.15, -0.1) is 0 Å². The number of nitrogens with zero attached hydrogens (tertiary/aromatic N) is 1. The minimum Gasteiger partial charge on any atom is -0.326 e. The molecule has 1 fully saturated rings. The van der Waals surface area contributed by atoms with E-state index in [1.54, 1.807) is 30.0 Å². The van der Waals surface area contributed by atoms with Crippen molar-refractivity contribution in [1.29, 1.82) is 0 Å². The minimum atomic E-state index is -0.423. The van der Waals surface area contributed by atoms with E-state index in [4.69, 9.17) is 0 Å². The summed E-state index contributed by atoms with van der Waals surface area (Å²) in [5.74, 6) is -0.370. The van der Waals surface area contributed by atoms with Gasteiger partial charge in [0.2, 0.25) is 17.7 Å². The topological polar surface area (TPSA) is 78.5 Å². The highest BCUT2D eigenvalue weighted by Crippen LogP contribution is 2.29. The predicted molar refractivity (Wildman–Crippen MR) is 120 cm³/mol. The Kier molecular flexibility index (Phi) is 6.55. The Labute approximate surface area is 177 Å². The first-order chi connectivity index (χ1) is 14.3. The van der Waals surface area contributed by atoms with Crippen LogP contribution in [-0.4, -0.2) is 24.3 Å². The van der Waals surface area contributed by atoms with Crippen LogP contribution in [0.5, 0.6) is 0 Å². The molecule has 1 heterocycles. The molecule has 0 spiro atoms. The molecule has 2 aromatic rings. The molecule has 1 unspecified atom stereocenters. The van der Waals surface area contributed by atoms with E-state index in [9.17, 15) is 14.4 Å². The summed E-state index contributed by atoms with van der Waals surface area (Å²) in [6.07, 6.45) is 0.567. The molecule has 6 nitrogen and oxygen atoms in total. The maximum atomic E-state index is 12.9. The highest BCUT2D eigenvalue weighted by molar-refractivity contribution is 6.04. The van der Waals surface area contributed by atoms with Crippen molar-refractivity contribution < 1.29 is 14.4 Å². The molecule has 3 rings (SSSR count). The lowest BCUT2D eigenvalue weighted by Crippen LogP contribution is -2.28. The Hall–Kier alpha value is -3.15. The summed E-state index contributed by atoms with van der Waals surface area (Å²) in [4.78, 5) is 38.9. The molecule has 0 saturated carbocycles. The van der Waals surface area contributed by atoms with Crippen LogP contribution in [0.15, 0.2) is 42.5 Å². The van der Waals surface area contributed by atoms with Crippen LogP contribution in [-0.2, 0) is 14.4 Å². The van der Waals surface area contributed by atoms with Crippen LogP contribution < -0.4 is 15.5 Å². The molecule has 0 radical (unpaired) electrons. The lowest BCUT2D eigenvalue weighted by Gasteiger charge is -2.19. The molecule has 0 aliphatic carbocycles. The largest absolute Gasteiger partial charge is 0.326 e. The van der Waals surface area contributed by atoms with Gasteiger partial charge in [0.1, 0.15) is 0 Å². The van der Waals surface area contributed by atoms with Gasteiger partial charge >= 0.3 is 0 Å². The Morgan fingerprint density at radius 1 is 1.10 bits per heavy atom. The van der Waals surface area contributed by atoms with E-state index >= 15 is 0 Å². The molecule has 30 heavy (non-hydrogen) atoms. The van der Waals surface area contributed by atoms with Gasteiger partial charge in [-0.3, -0.25) is 14.4 Å². The van der Waals surface area contributed by atoms with Crippen molar-refractivity contribution in [2.75, 3.05) is 22.1 Å². The van der Waals surface area contributed by atoms with Gasteiger partial charge in [0.05, 0.1) is 5.92 Å². The Bertz CT molecular complexity index is 968. The number of benzene rings is 2. The summed E-state index contributed by atoms with van der Waals surface area (Å²) in [6.45, 7) is 8.22.